The third-order valence-electron chi connectivity index (χ3n) is 1.50. The van der Waals surface area contributed by atoms with Gasteiger partial charge in [-0.15, -0.1) is 0 Å². The lowest BCUT2D eigenvalue weighted by atomic mass is 10.7. The van der Waals surface area contributed by atoms with Crippen LogP contribution in [-0.4, -0.2) is 35.2 Å². The molecule has 0 unspecified atom stereocenters. The Balaban J connectivity index is 3.03. The van der Waals surface area contributed by atoms with Crippen LogP contribution in [-0.2, 0) is 20.2 Å². The molecule has 1 aromatic heterocycles. The Bertz CT molecular complexity index is 515. The van der Waals surface area contributed by atoms with Gasteiger partial charge < -0.3 is 0 Å². The Morgan fingerprint density at radius 1 is 1.27 bits per heavy atom. The number of sulfonamides is 1. The molecule has 1 heterocycles. The largest absolute Gasteiger partial charge is 0.292 e. The molecule has 0 aromatic carbocycles. The quantitative estimate of drug-likeness (QED) is 0.823. The van der Waals surface area contributed by atoms with Crippen molar-refractivity contribution in [3.63, 3.8) is 0 Å². The van der Waals surface area contributed by atoms with E-state index in [1.54, 1.807) is 9.51 Å². The molecule has 6 nitrogen and oxygen atoms in total. The van der Waals surface area contributed by atoms with E-state index in [2.05, 4.69) is 0 Å². The van der Waals surface area contributed by atoms with Gasteiger partial charge >= 0.3 is 0 Å². The number of nitrogens with zero attached hydrogens (tertiary/aromatic N) is 1. The molecule has 0 fully saturated rings. The molecule has 0 bridgehead atoms. The first-order valence-electron chi connectivity index (χ1n) is 3.74. The minimum absolute atomic E-state index is 0.0575. The van der Waals surface area contributed by atoms with Crippen LogP contribution in [0.25, 0.3) is 0 Å². The van der Waals surface area contributed by atoms with Gasteiger partial charge in [0.1, 0.15) is 0 Å². The molecule has 0 saturated heterocycles. The van der Waals surface area contributed by atoms with Crippen LogP contribution < -0.4 is 4.13 Å². The van der Waals surface area contributed by atoms with Gasteiger partial charge in [0.15, 0.2) is 0 Å². The van der Waals surface area contributed by atoms with Gasteiger partial charge in [-0.1, -0.05) is 4.13 Å². The van der Waals surface area contributed by atoms with Crippen molar-refractivity contribution in [2.45, 2.75) is 4.90 Å². The molecular weight excluding hydrogens is 260 g/mol. The van der Waals surface area contributed by atoms with Gasteiger partial charge in [0.2, 0.25) is 0 Å². The van der Waals surface area contributed by atoms with E-state index in [1.165, 1.54) is 36.9 Å². The Morgan fingerprint density at radius 2 is 1.87 bits per heavy atom. The third-order valence-corrected chi connectivity index (χ3v) is 5.89. The molecule has 1 rings (SSSR count). The number of hydrogen-bond acceptors (Lipinski definition) is 5. The summed E-state index contributed by atoms with van der Waals surface area (Å²) in [5.41, 5.74) is 0. The summed E-state index contributed by atoms with van der Waals surface area (Å²) in [5.74, 6) is 0. The van der Waals surface area contributed by atoms with Crippen LogP contribution >= 0.6 is 11.3 Å². The fraction of sp³-hybridized carbons (Fsp3) is 0.333. The van der Waals surface area contributed by atoms with Crippen LogP contribution in [0, 0.1) is 0 Å². The highest BCUT2D eigenvalue weighted by atomic mass is 32.3. The highest BCUT2D eigenvalue weighted by molar-refractivity contribution is 8.03. The van der Waals surface area contributed by atoms with Gasteiger partial charge in [0, 0.05) is 19.5 Å². The van der Waals surface area contributed by atoms with Crippen LogP contribution in [0.4, 0.5) is 0 Å². The lowest BCUT2D eigenvalue weighted by molar-refractivity contribution is 0.514. The van der Waals surface area contributed by atoms with E-state index in [1.807, 2.05) is 0 Å². The zero-order valence-electron chi connectivity index (χ0n) is 8.04. The summed E-state index contributed by atoms with van der Waals surface area (Å²) in [5, 5.41) is 2.91. The predicted octanol–water partition coefficient (Wildman–Crippen LogP) is -0.167. The second-order valence-corrected chi connectivity index (χ2v) is 7.44. The molecule has 86 valence electrons. The van der Waals surface area contributed by atoms with Crippen LogP contribution in [0.15, 0.2) is 21.7 Å². The Hall–Kier alpha value is -0.480. The Kier molecular flexibility index (Phi) is 3.51. The summed E-state index contributed by atoms with van der Waals surface area (Å²) in [6.07, 6.45) is 0. The molecule has 0 saturated carbocycles. The lowest BCUT2D eigenvalue weighted by Crippen LogP contribution is -2.39. The summed E-state index contributed by atoms with van der Waals surface area (Å²) in [6.45, 7) is 0. The average Bonchev–Trinajstić information content (AvgIpc) is 2.53. The SMILES string of the molecule is CN(C)S(=O)(=O)NS(=O)(=O)c1ccsc1. The first kappa shape index (κ1) is 12.6. The first-order valence-corrected chi connectivity index (χ1v) is 7.60. The van der Waals surface area contributed by atoms with Gasteiger partial charge in [-0.05, 0) is 11.4 Å². The van der Waals surface area contributed by atoms with Crippen molar-refractivity contribution in [3.05, 3.63) is 16.8 Å². The summed E-state index contributed by atoms with van der Waals surface area (Å²) in [4.78, 5) is -0.0575. The molecule has 1 aromatic rings. The van der Waals surface area contributed by atoms with Gasteiger partial charge in [-0.2, -0.15) is 24.1 Å². The topological polar surface area (TPSA) is 83.6 Å². The lowest BCUT2D eigenvalue weighted by Gasteiger charge is -2.11. The second kappa shape index (κ2) is 4.18. The minimum atomic E-state index is -3.99. The van der Waals surface area contributed by atoms with E-state index < -0.39 is 20.2 Å². The Morgan fingerprint density at radius 3 is 2.27 bits per heavy atom. The van der Waals surface area contributed by atoms with Crippen LogP contribution in [0.5, 0.6) is 0 Å². The molecule has 9 heteroatoms. The summed E-state index contributed by atoms with van der Waals surface area (Å²) < 4.78 is 48.0. The fourth-order valence-electron chi connectivity index (χ4n) is 0.666. The summed E-state index contributed by atoms with van der Waals surface area (Å²) in [6, 6.07) is 1.33. The number of hydrogen-bond donors (Lipinski definition) is 1. The number of nitrogens with one attached hydrogen (secondary N) is 1. The molecule has 1 N–H and O–H groups in total. The Labute approximate surface area is 92.8 Å². The zero-order valence-corrected chi connectivity index (χ0v) is 10.5. The molecule has 15 heavy (non-hydrogen) atoms. The monoisotopic (exact) mass is 270 g/mol. The molecule has 0 amide bonds. The van der Waals surface area contributed by atoms with Crippen molar-refractivity contribution >= 4 is 31.6 Å². The summed E-state index contributed by atoms with van der Waals surface area (Å²) in [7, 11) is -5.49. The smallest absolute Gasteiger partial charge is 0.206 e. The van der Waals surface area contributed by atoms with Gasteiger partial charge in [-0.25, -0.2) is 8.42 Å². The van der Waals surface area contributed by atoms with E-state index in [4.69, 9.17) is 0 Å². The minimum Gasteiger partial charge on any atom is -0.206 e. The van der Waals surface area contributed by atoms with Crippen LogP contribution in [0.3, 0.4) is 0 Å². The van der Waals surface area contributed by atoms with Gasteiger partial charge in [-0.3, -0.25) is 0 Å². The molecular formula is C6H10N2O4S3. The molecule has 0 aliphatic rings. The maximum Gasteiger partial charge on any atom is 0.292 e. The van der Waals surface area contributed by atoms with Crippen LogP contribution in [0.1, 0.15) is 0 Å². The highest BCUT2D eigenvalue weighted by Crippen LogP contribution is 2.13. The normalized spacial score (nSPS) is 13.3. The third kappa shape index (κ3) is 2.98. The van der Waals surface area contributed by atoms with E-state index in [0.717, 1.165) is 4.31 Å². The van der Waals surface area contributed by atoms with Crippen molar-refractivity contribution in [3.8, 4) is 0 Å². The summed E-state index contributed by atoms with van der Waals surface area (Å²) >= 11 is 1.17. The van der Waals surface area contributed by atoms with E-state index in [-0.39, 0.29) is 4.90 Å². The molecule has 0 spiro atoms. The molecule has 0 aliphatic heterocycles. The van der Waals surface area contributed by atoms with Gasteiger partial charge in [0.05, 0.1) is 4.90 Å². The predicted molar refractivity (Wildman–Crippen MR) is 57.2 cm³/mol. The maximum absolute atomic E-state index is 11.5. The van der Waals surface area contributed by atoms with Crippen molar-refractivity contribution < 1.29 is 16.8 Å². The molecule has 0 radical (unpaired) electrons. The van der Waals surface area contributed by atoms with Crippen molar-refractivity contribution in [2.24, 2.45) is 0 Å². The number of thiophene rings is 1. The molecule has 0 aliphatic carbocycles. The van der Waals surface area contributed by atoms with E-state index >= 15 is 0 Å². The number of rotatable bonds is 4. The van der Waals surface area contributed by atoms with Crippen molar-refractivity contribution in [2.75, 3.05) is 14.1 Å². The molecule has 0 atom stereocenters. The van der Waals surface area contributed by atoms with Crippen LogP contribution in [0.2, 0.25) is 0 Å². The first-order chi connectivity index (χ1) is 6.76. The van der Waals surface area contributed by atoms with Gasteiger partial charge in [0.25, 0.3) is 20.2 Å². The van der Waals surface area contributed by atoms with Crippen molar-refractivity contribution in [1.29, 1.82) is 0 Å². The highest BCUT2D eigenvalue weighted by Gasteiger charge is 2.24. The van der Waals surface area contributed by atoms with E-state index in [9.17, 15) is 16.8 Å². The van der Waals surface area contributed by atoms with E-state index in [0.29, 0.717) is 0 Å². The standard InChI is InChI=1S/C6H10N2O4S3/c1-8(2)15(11,12)7-14(9,10)6-3-4-13-5-6/h3-5,7H,1-2H3. The zero-order chi connectivity index (χ0) is 11.7. The average molecular weight is 270 g/mol. The maximum atomic E-state index is 11.5. The van der Waals surface area contributed by atoms with Crippen molar-refractivity contribution in [1.82, 2.24) is 8.43 Å². The fourth-order valence-corrected chi connectivity index (χ4v) is 4.28. The second-order valence-electron chi connectivity index (χ2n) is 2.83.